The van der Waals surface area contributed by atoms with Crippen molar-refractivity contribution in [2.75, 3.05) is 0 Å². The predicted molar refractivity (Wildman–Crippen MR) is 100 cm³/mol. The number of rotatable bonds is 3. The second kappa shape index (κ2) is 5.69. The summed E-state index contributed by atoms with van der Waals surface area (Å²) in [6.07, 6.45) is 6.29. The Morgan fingerprint density at radius 2 is 1.88 bits per heavy atom. The first-order valence-corrected chi connectivity index (χ1v) is 8.57. The monoisotopic (exact) mass is 333 g/mol. The maximum atomic E-state index is 13.4. The minimum Gasteiger partial charge on any atom is -0.335 e. The third kappa shape index (κ3) is 2.42. The van der Waals surface area contributed by atoms with Crippen molar-refractivity contribution in [3.63, 3.8) is 0 Å². The fourth-order valence-electron chi connectivity index (χ4n) is 4.02. The summed E-state index contributed by atoms with van der Waals surface area (Å²) < 4.78 is 15.8. The molecule has 0 spiro atoms. The van der Waals surface area contributed by atoms with Gasteiger partial charge in [0.2, 0.25) is 0 Å². The van der Waals surface area contributed by atoms with Crippen molar-refractivity contribution < 1.29 is 9.18 Å². The molecule has 3 heteroatoms. The van der Waals surface area contributed by atoms with Crippen LogP contribution in [0.2, 0.25) is 0 Å². The molecular weight excluding hydrogens is 313 g/mol. The van der Waals surface area contributed by atoms with E-state index in [4.69, 9.17) is 0 Å². The SMILES string of the molecule is CC1(C)CCc2cccc3c(-c4ccc(F)cc4)c(C=CC=O)n1c23. The topological polar surface area (TPSA) is 22.0 Å². The van der Waals surface area contributed by atoms with Gasteiger partial charge in [-0.05, 0) is 62.1 Å². The molecule has 0 unspecified atom stereocenters. The highest BCUT2D eigenvalue weighted by Crippen LogP contribution is 2.44. The number of aromatic nitrogens is 1. The smallest absolute Gasteiger partial charge is 0.142 e. The number of nitrogens with zero attached hydrogens (tertiary/aromatic N) is 1. The van der Waals surface area contributed by atoms with Crippen LogP contribution in [0.25, 0.3) is 28.1 Å². The molecule has 0 amide bonds. The number of benzene rings is 2. The zero-order valence-corrected chi connectivity index (χ0v) is 14.4. The number of aldehydes is 1. The molecule has 1 aromatic heterocycles. The lowest BCUT2D eigenvalue weighted by molar-refractivity contribution is -0.104. The number of halogens is 1. The quantitative estimate of drug-likeness (QED) is 0.468. The molecule has 1 aliphatic rings. The second-order valence-corrected chi connectivity index (χ2v) is 7.22. The van der Waals surface area contributed by atoms with Crippen LogP contribution in [0.15, 0.2) is 48.5 Å². The van der Waals surface area contributed by atoms with Gasteiger partial charge in [0.25, 0.3) is 0 Å². The van der Waals surface area contributed by atoms with Gasteiger partial charge in [-0.2, -0.15) is 0 Å². The third-order valence-corrected chi connectivity index (χ3v) is 5.19. The molecule has 0 radical (unpaired) electrons. The molecule has 0 saturated carbocycles. The average molecular weight is 333 g/mol. The lowest BCUT2D eigenvalue weighted by Crippen LogP contribution is -2.31. The summed E-state index contributed by atoms with van der Waals surface area (Å²) in [7, 11) is 0. The molecule has 2 aromatic carbocycles. The van der Waals surface area contributed by atoms with Crippen LogP contribution in [0.3, 0.4) is 0 Å². The lowest BCUT2D eigenvalue weighted by Gasteiger charge is -2.34. The molecule has 2 heterocycles. The largest absolute Gasteiger partial charge is 0.335 e. The van der Waals surface area contributed by atoms with E-state index in [9.17, 15) is 9.18 Å². The molecule has 3 aromatic rings. The Balaban J connectivity index is 2.15. The van der Waals surface area contributed by atoms with Gasteiger partial charge in [0.1, 0.15) is 12.1 Å². The van der Waals surface area contributed by atoms with Crippen molar-refractivity contribution in [3.8, 4) is 11.1 Å². The van der Waals surface area contributed by atoms with Crippen molar-refractivity contribution in [1.82, 2.24) is 4.57 Å². The number of carbonyl (C=O) groups excluding carboxylic acids is 1. The Hall–Kier alpha value is -2.68. The zero-order valence-electron chi connectivity index (χ0n) is 14.4. The first kappa shape index (κ1) is 15.8. The van der Waals surface area contributed by atoms with E-state index < -0.39 is 0 Å². The summed E-state index contributed by atoms with van der Waals surface area (Å²) in [5, 5.41) is 1.16. The maximum absolute atomic E-state index is 13.4. The average Bonchev–Trinajstić information content (AvgIpc) is 2.94. The Bertz CT molecular complexity index is 993. The van der Waals surface area contributed by atoms with Crippen LogP contribution in [0.4, 0.5) is 4.39 Å². The summed E-state index contributed by atoms with van der Waals surface area (Å²) >= 11 is 0. The fraction of sp³-hybridized carbons (Fsp3) is 0.227. The summed E-state index contributed by atoms with van der Waals surface area (Å²) in [5.74, 6) is -0.247. The van der Waals surface area contributed by atoms with Gasteiger partial charge in [0, 0.05) is 16.5 Å². The number of carbonyl (C=O) groups is 1. The van der Waals surface area contributed by atoms with Gasteiger partial charge in [0.15, 0.2) is 0 Å². The molecule has 1 aliphatic heterocycles. The van der Waals surface area contributed by atoms with Crippen LogP contribution in [-0.2, 0) is 16.8 Å². The van der Waals surface area contributed by atoms with Crippen molar-refractivity contribution in [3.05, 3.63) is 65.6 Å². The van der Waals surface area contributed by atoms with E-state index in [0.717, 1.165) is 41.3 Å². The van der Waals surface area contributed by atoms with E-state index in [2.05, 4.69) is 36.6 Å². The highest BCUT2D eigenvalue weighted by atomic mass is 19.1. The molecule has 0 N–H and O–H groups in total. The van der Waals surface area contributed by atoms with Gasteiger partial charge >= 0.3 is 0 Å². The Labute approximate surface area is 146 Å². The first-order valence-electron chi connectivity index (χ1n) is 8.57. The molecule has 0 atom stereocenters. The molecule has 0 aliphatic carbocycles. The number of hydrogen-bond donors (Lipinski definition) is 0. The number of hydrogen-bond acceptors (Lipinski definition) is 1. The number of para-hydroxylation sites is 1. The minimum absolute atomic E-state index is 0.0482. The minimum atomic E-state index is -0.247. The molecule has 0 bridgehead atoms. The van der Waals surface area contributed by atoms with E-state index >= 15 is 0 Å². The first-order chi connectivity index (χ1) is 12.0. The van der Waals surface area contributed by atoms with E-state index in [1.807, 2.05) is 18.2 Å². The van der Waals surface area contributed by atoms with Gasteiger partial charge in [-0.15, -0.1) is 0 Å². The van der Waals surface area contributed by atoms with Crippen LogP contribution in [0.5, 0.6) is 0 Å². The maximum Gasteiger partial charge on any atom is 0.142 e. The fourth-order valence-corrected chi connectivity index (χ4v) is 4.02. The molecule has 126 valence electrons. The van der Waals surface area contributed by atoms with Crippen LogP contribution < -0.4 is 0 Å². The molecule has 2 nitrogen and oxygen atoms in total. The standard InChI is InChI=1S/C22H20FNO/c1-22(2)13-12-16-5-3-6-18-20(15-8-10-17(23)11-9-15)19(7-4-14-25)24(22)21(16)18/h3-11,14H,12-13H2,1-2H3. The van der Waals surface area contributed by atoms with Gasteiger partial charge in [-0.1, -0.05) is 30.3 Å². The summed E-state index contributed by atoms with van der Waals surface area (Å²) in [4.78, 5) is 11.0. The van der Waals surface area contributed by atoms with Crippen molar-refractivity contribution in [2.45, 2.75) is 32.2 Å². The molecule has 4 rings (SSSR count). The normalized spacial score (nSPS) is 15.8. The molecule has 0 fully saturated rings. The van der Waals surface area contributed by atoms with Gasteiger partial charge in [-0.3, -0.25) is 4.79 Å². The summed E-state index contributed by atoms with van der Waals surface area (Å²) in [6.45, 7) is 4.46. The van der Waals surface area contributed by atoms with E-state index in [1.165, 1.54) is 29.3 Å². The van der Waals surface area contributed by atoms with E-state index in [1.54, 1.807) is 0 Å². The Morgan fingerprint density at radius 1 is 1.12 bits per heavy atom. The summed E-state index contributed by atoms with van der Waals surface area (Å²) in [6, 6.07) is 13.0. The van der Waals surface area contributed by atoms with Gasteiger partial charge in [-0.25, -0.2) is 4.39 Å². The predicted octanol–water partition coefficient (Wildman–Crippen LogP) is 5.34. The molecular formula is C22H20FNO. The van der Waals surface area contributed by atoms with E-state index in [-0.39, 0.29) is 11.4 Å². The third-order valence-electron chi connectivity index (χ3n) is 5.19. The van der Waals surface area contributed by atoms with Crippen molar-refractivity contribution in [2.24, 2.45) is 0 Å². The Kier molecular flexibility index (Phi) is 3.60. The lowest BCUT2D eigenvalue weighted by atomic mass is 9.90. The van der Waals surface area contributed by atoms with E-state index in [0.29, 0.717) is 0 Å². The molecule has 25 heavy (non-hydrogen) atoms. The van der Waals surface area contributed by atoms with Gasteiger partial charge in [0.05, 0.1) is 11.2 Å². The van der Waals surface area contributed by atoms with Crippen LogP contribution in [0.1, 0.15) is 31.5 Å². The molecule has 0 saturated heterocycles. The second-order valence-electron chi connectivity index (χ2n) is 7.22. The number of allylic oxidation sites excluding steroid dienone is 1. The zero-order chi connectivity index (χ0) is 17.6. The highest BCUT2D eigenvalue weighted by Gasteiger charge is 2.32. The van der Waals surface area contributed by atoms with Crippen molar-refractivity contribution in [1.29, 1.82) is 0 Å². The number of aryl methyl sites for hydroxylation is 1. The Morgan fingerprint density at radius 3 is 2.60 bits per heavy atom. The van der Waals surface area contributed by atoms with Gasteiger partial charge < -0.3 is 4.57 Å². The summed E-state index contributed by atoms with van der Waals surface area (Å²) in [5.41, 5.74) is 5.53. The van der Waals surface area contributed by atoms with Crippen LogP contribution in [-0.4, -0.2) is 10.9 Å². The van der Waals surface area contributed by atoms with Crippen LogP contribution >= 0.6 is 0 Å². The highest BCUT2D eigenvalue weighted by molar-refractivity contribution is 6.03. The van der Waals surface area contributed by atoms with Crippen molar-refractivity contribution >= 4 is 23.3 Å². The van der Waals surface area contributed by atoms with Crippen LogP contribution in [0, 0.1) is 5.82 Å².